The summed E-state index contributed by atoms with van der Waals surface area (Å²) in [6.07, 6.45) is 2.03. The first kappa shape index (κ1) is 16.9. The van der Waals surface area contributed by atoms with E-state index in [0.717, 1.165) is 36.8 Å². The molecule has 1 heterocycles. The number of quaternary nitrogens is 1. The highest BCUT2D eigenvalue weighted by Gasteiger charge is 2.22. The molecule has 0 bridgehead atoms. The summed E-state index contributed by atoms with van der Waals surface area (Å²) in [7, 11) is 0. The molecule has 1 amide bonds. The van der Waals surface area contributed by atoms with Crippen molar-refractivity contribution in [2.75, 3.05) is 49.2 Å². The fourth-order valence-corrected chi connectivity index (χ4v) is 3.62. The molecule has 126 valence electrons. The average molecular weight is 342 g/mol. The standard InChI is InChI=1S/C19H23N3OS/c1-24-18-10-6-5-9-17(18)20-19(23)15-21-11-13-22(14-12-21)16-7-3-2-4-8-16/h2-10H,11-15H2,1H3,(H,20,23)/p+1. The lowest BCUT2D eigenvalue weighted by Crippen LogP contribution is -3.15. The number of thioether (sulfide) groups is 1. The quantitative estimate of drug-likeness (QED) is 0.813. The molecule has 0 aromatic heterocycles. The number of rotatable bonds is 5. The van der Waals surface area contributed by atoms with Gasteiger partial charge in [-0.1, -0.05) is 30.3 Å². The van der Waals surface area contributed by atoms with Gasteiger partial charge in [0.1, 0.15) is 0 Å². The van der Waals surface area contributed by atoms with Gasteiger partial charge in [-0.05, 0) is 30.5 Å². The van der Waals surface area contributed by atoms with Crippen molar-refractivity contribution >= 4 is 29.0 Å². The zero-order valence-corrected chi connectivity index (χ0v) is 14.8. The topological polar surface area (TPSA) is 36.8 Å². The molecule has 1 aliphatic rings. The summed E-state index contributed by atoms with van der Waals surface area (Å²) in [5.74, 6) is 0.0969. The lowest BCUT2D eigenvalue weighted by atomic mass is 10.2. The molecule has 2 aromatic rings. The van der Waals surface area contributed by atoms with Crippen molar-refractivity contribution < 1.29 is 9.69 Å². The van der Waals surface area contributed by atoms with Crippen LogP contribution in [-0.4, -0.2) is 44.9 Å². The summed E-state index contributed by atoms with van der Waals surface area (Å²) in [5.41, 5.74) is 2.19. The molecule has 0 radical (unpaired) electrons. The van der Waals surface area contributed by atoms with Gasteiger partial charge in [0.05, 0.1) is 31.9 Å². The van der Waals surface area contributed by atoms with Crippen LogP contribution in [0.5, 0.6) is 0 Å². The van der Waals surface area contributed by atoms with Crippen molar-refractivity contribution in [2.24, 2.45) is 0 Å². The van der Waals surface area contributed by atoms with Crippen LogP contribution in [0.15, 0.2) is 59.5 Å². The van der Waals surface area contributed by atoms with E-state index < -0.39 is 0 Å². The van der Waals surface area contributed by atoms with E-state index in [0.29, 0.717) is 6.54 Å². The number of carbonyl (C=O) groups excluding carboxylic acids is 1. The van der Waals surface area contributed by atoms with Gasteiger partial charge in [-0.25, -0.2) is 0 Å². The second kappa shape index (κ2) is 8.22. The predicted molar refractivity (Wildman–Crippen MR) is 101 cm³/mol. The van der Waals surface area contributed by atoms with Gasteiger partial charge in [-0.2, -0.15) is 0 Å². The average Bonchev–Trinajstić information content (AvgIpc) is 2.63. The zero-order valence-electron chi connectivity index (χ0n) is 14.0. The van der Waals surface area contributed by atoms with Crippen LogP contribution in [0.4, 0.5) is 11.4 Å². The molecule has 0 atom stereocenters. The van der Waals surface area contributed by atoms with Gasteiger partial charge in [0.25, 0.3) is 5.91 Å². The third kappa shape index (κ3) is 4.30. The Hall–Kier alpha value is -1.98. The van der Waals surface area contributed by atoms with E-state index in [4.69, 9.17) is 0 Å². The van der Waals surface area contributed by atoms with E-state index >= 15 is 0 Å². The second-order valence-electron chi connectivity index (χ2n) is 6.00. The third-order valence-electron chi connectivity index (χ3n) is 4.38. The molecular weight excluding hydrogens is 318 g/mol. The highest BCUT2D eigenvalue weighted by molar-refractivity contribution is 7.98. The van der Waals surface area contributed by atoms with E-state index in [1.165, 1.54) is 10.6 Å². The van der Waals surface area contributed by atoms with E-state index in [1.807, 2.05) is 36.6 Å². The maximum Gasteiger partial charge on any atom is 0.279 e. The number of anilines is 2. The van der Waals surface area contributed by atoms with Crippen LogP contribution in [0.1, 0.15) is 0 Å². The first-order valence-corrected chi connectivity index (χ1v) is 9.55. The van der Waals surface area contributed by atoms with Crippen LogP contribution in [0.3, 0.4) is 0 Å². The maximum absolute atomic E-state index is 12.3. The predicted octanol–water partition coefficient (Wildman–Crippen LogP) is 1.75. The minimum atomic E-state index is 0.0969. The number of nitrogens with zero attached hydrogens (tertiary/aromatic N) is 1. The number of benzene rings is 2. The minimum Gasteiger partial charge on any atom is -0.360 e. The number of piperazine rings is 1. The van der Waals surface area contributed by atoms with Crippen molar-refractivity contribution in [3.63, 3.8) is 0 Å². The Morgan fingerprint density at radius 3 is 2.46 bits per heavy atom. The molecule has 2 aromatic carbocycles. The van der Waals surface area contributed by atoms with Gasteiger partial charge in [-0.3, -0.25) is 4.79 Å². The highest BCUT2D eigenvalue weighted by Crippen LogP contribution is 2.24. The summed E-state index contributed by atoms with van der Waals surface area (Å²) >= 11 is 1.65. The summed E-state index contributed by atoms with van der Waals surface area (Å²) < 4.78 is 0. The zero-order chi connectivity index (χ0) is 16.8. The van der Waals surface area contributed by atoms with Crippen molar-refractivity contribution in [1.82, 2.24) is 0 Å². The summed E-state index contributed by atoms with van der Waals surface area (Å²) in [5, 5.41) is 3.06. The van der Waals surface area contributed by atoms with Crippen LogP contribution in [-0.2, 0) is 4.79 Å². The number of nitrogens with one attached hydrogen (secondary N) is 2. The molecule has 5 heteroatoms. The monoisotopic (exact) mass is 342 g/mol. The Morgan fingerprint density at radius 2 is 1.75 bits per heavy atom. The Balaban J connectivity index is 1.50. The number of hydrogen-bond acceptors (Lipinski definition) is 3. The molecule has 1 aliphatic heterocycles. The summed E-state index contributed by atoms with van der Waals surface area (Å²) in [4.78, 5) is 17.2. The van der Waals surface area contributed by atoms with Crippen LogP contribution in [0, 0.1) is 0 Å². The van der Waals surface area contributed by atoms with Crippen LogP contribution in [0.2, 0.25) is 0 Å². The van der Waals surface area contributed by atoms with Gasteiger partial charge < -0.3 is 15.1 Å². The lowest BCUT2D eigenvalue weighted by Gasteiger charge is -2.33. The number of amides is 1. The fourth-order valence-electron chi connectivity index (χ4n) is 3.07. The Kier molecular flexibility index (Phi) is 5.77. The van der Waals surface area contributed by atoms with Crippen molar-refractivity contribution in [2.45, 2.75) is 4.90 Å². The molecule has 0 unspecified atom stereocenters. The SMILES string of the molecule is CSc1ccccc1NC(=O)C[NH+]1CCN(c2ccccc2)CC1. The van der Waals surface area contributed by atoms with E-state index in [1.54, 1.807) is 11.8 Å². The molecule has 24 heavy (non-hydrogen) atoms. The molecule has 4 nitrogen and oxygen atoms in total. The number of hydrogen-bond donors (Lipinski definition) is 2. The van der Waals surface area contributed by atoms with Crippen LogP contribution >= 0.6 is 11.8 Å². The van der Waals surface area contributed by atoms with Gasteiger partial charge >= 0.3 is 0 Å². The largest absolute Gasteiger partial charge is 0.360 e. The first-order chi connectivity index (χ1) is 11.8. The maximum atomic E-state index is 12.3. The lowest BCUT2D eigenvalue weighted by molar-refractivity contribution is -0.892. The number of para-hydroxylation sites is 2. The van der Waals surface area contributed by atoms with Crippen molar-refractivity contribution in [3.8, 4) is 0 Å². The van der Waals surface area contributed by atoms with E-state index in [2.05, 4.69) is 34.5 Å². The highest BCUT2D eigenvalue weighted by atomic mass is 32.2. The first-order valence-electron chi connectivity index (χ1n) is 8.32. The second-order valence-corrected chi connectivity index (χ2v) is 6.85. The van der Waals surface area contributed by atoms with Crippen molar-refractivity contribution in [3.05, 3.63) is 54.6 Å². The van der Waals surface area contributed by atoms with Crippen molar-refractivity contribution in [1.29, 1.82) is 0 Å². The van der Waals surface area contributed by atoms with Gasteiger partial charge in [0, 0.05) is 10.6 Å². The molecule has 1 saturated heterocycles. The fraction of sp³-hybridized carbons (Fsp3) is 0.316. The van der Waals surface area contributed by atoms with Gasteiger partial charge in [0.15, 0.2) is 6.54 Å². The van der Waals surface area contributed by atoms with Gasteiger partial charge in [0.2, 0.25) is 0 Å². The Labute approximate surface area is 147 Å². The summed E-state index contributed by atoms with van der Waals surface area (Å²) in [6, 6.07) is 18.4. The number of carbonyl (C=O) groups is 1. The molecule has 2 N–H and O–H groups in total. The third-order valence-corrected chi connectivity index (χ3v) is 5.18. The smallest absolute Gasteiger partial charge is 0.279 e. The summed E-state index contributed by atoms with van der Waals surface area (Å²) in [6.45, 7) is 4.51. The molecular formula is C19H24N3OS+. The molecule has 0 spiro atoms. The van der Waals surface area contributed by atoms with Crippen LogP contribution in [0.25, 0.3) is 0 Å². The van der Waals surface area contributed by atoms with E-state index in [-0.39, 0.29) is 5.91 Å². The Morgan fingerprint density at radius 1 is 1.08 bits per heavy atom. The molecule has 1 fully saturated rings. The van der Waals surface area contributed by atoms with Crippen LogP contribution < -0.4 is 15.1 Å². The van der Waals surface area contributed by atoms with Gasteiger partial charge in [-0.15, -0.1) is 11.8 Å². The van der Waals surface area contributed by atoms with E-state index in [9.17, 15) is 4.79 Å². The normalized spacial score (nSPS) is 15.3. The molecule has 3 rings (SSSR count). The molecule has 0 aliphatic carbocycles. The Bertz CT molecular complexity index is 669. The minimum absolute atomic E-state index is 0.0969. The molecule has 0 saturated carbocycles.